The van der Waals surface area contributed by atoms with E-state index in [2.05, 4.69) is 23.6 Å². The van der Waals surface area contributed by atoms with E-state index < -0.39 is 0 Å². The molecule has 2 saturated heterocycles. The van der Waals surface area contributed by atoms with E-state index in [4.69, 9.17) is 10.5 Å². The summed E-state index contributed by atoms with van der Waals surface area (Å²) in [7, 11) is 0. The zero-order chi connectivity index (χ0) is 13.7. The van der Waals surface area contributed by atoms with Gasteiger partial charge in [0.2, 0.25) is 0 Å². The van der Waals surface area contributed by atoms with Crippen molar-refractivity contribution in [3.8, 4) is 0 Å². The molecule has 112 valence electrons. The monoisotopic (exact) mass is 269 g/mol. The first-order valence-corrected chi connectivity index (χ1v) is 7.95. The molecule has 0 aromatic carbocycles. The third-order valence-electron chi connectivity index (χ3n) is 4.96. The Morgan fingerprint density at radius 3 is 2.63 bits per heavy atom. The third-order valence-corrected chi connectivity index (χ3v) is 4.96. The summed E-state index contributed by atoms with van der Waals surface area (Å²) < 4.78 is 5.60. The molecule has 0 aromatic rings. The van der Waals surface area contributed by atoms with Crippen LogP contribution in [-0.4, -0.2) is 67.3 Å². The van der Waals surface area contributed by atoms with Crippen molar-refractivity contribution in [2.75, 3.05) is 45.9 Å². The van der Waals surface area contributed by atoms with Crippen molar-refractivity contribution in [3.05, 3.63) is 0 Å². The smallest absolute Gasteiger partial charge is 0.0593 e. The van der Waals surface area contributed by atoms with Crippen LogP contribution in [0.3, 0.4) is 0 Å². The molecule has 1 atom stereocenters. The normalized spacial score (nSPS) is 32.2. The van der Waals surface area contributed by atoms with Crippen LogP contribution in [0.25, 0.3) is 0 Å². The number of ether oxygens (including phenoxy) is 1. The van der Waals surface area contributed by atoms with Gasteiger partial charge < -0.3 is 15.4 Å². The van der Waals surface area contributed by atoms with Crippen LogP contribution in [0, 0.1) is 0 Å². The van der Waals surface area contributed by atoms with E-state index in [1.54, 1.807) is 0 Å². The third kappa shape index (κ3) is 3.69. The van der Waals surface area contributed by atoms with Crippen LogP contribution in [-0.2, 0) is 4.74 Å². The van der Waals surface area contributed by atoms with Gasteiger partial charge in [0.15, 0.2) is 0 Å². The lowest BCUT2D eigenvalue weighted by molar-refractivity contribution is 0.0687. The molecule has 4 nitrogen and oxygen atoms in total. The molecule has 0 saturated carbocycles. The second kappa shape index (κ2) is 7.02. The number of likely N-dealkylation sites (tertiary alicyclic amines) is 1. The lowest BCUT2D eigenvalue weighted by Gasteiger charge is -2.42. The first kappa shape index (κ1) is 15.2. The second-order valence-corrected chi connectivity index (χ2v) is 6.36. The van der Waals surface area contributed by atoms with Gasteiger partial charge in [-0.2, -0.15) is 0 Å². The zero-order valence-electron chi connectivity index (χ0n) is 12.7. The van der Waals surface area contributed by atoms with E-state index >= 15 is 0 Å². The number of hydrogen-bond donors (Lipinski definition) is 1. The number of nitrogens with two attached hydrogens (primary N) is 1. The van der Waals surface area contributed by atoms with Crippen LogP contribution >= 0.6 is 0 Å². The zero-order valence-corrected chi connectivity index (χ0v) is 12.7. The van der Waals surface area contributed by atoms with Crippen molar-refractivity contribution in [2.45, 2.75) is 51.1 Å². The molecule has 0 aromatic heterocycles. The quantitative estimate of drug-likeness (QED) is 0.838. The fourth-order valence-corrected chi connectivity index (χ4v) is 3.59. The maximum absolute atomic E-state index is 6.21. The van der Waals surface area contributed by atoms with Gasteiger partial charge in [-0.1, -0.05) is 0 Å². The molecule has 2 heterocycles. The summed E-state index contributed by atoms with van der Waals surface area (Å²) in [5.41, 5.74) is 6.43. The van der Waals surface area contributed by atoms with Gasteiger partial charge in [-0.05, 0) is 46.1 Å². The minimum Gasteiger partial charge on any atom is -0.380 e. The molecule has 1 unspecified atom stereocenters. The standard InChI is InChI=1S/C15H31N3O/c1-14(2)17-7-3-5-15(13-16,6-9-17)18-8-4-11-19-12-10-18/h14H,3-13,16H2,1-2H3. The van der Waals surface area contributed by atoms with Crippen LogP contribution in [0.4, 0.5) is 0 Å². The van der Waals surface area contributed by atoms with Gasteiger partial charge in [0.25, 0.3) is 0 Å². The summed E-state index contributed by atoms with van der Waals surface area (Å²) in [6.07, 6.45) is 4.87. The highest BCUT2D eigenvalue weighted by Gasteiger charge is 2.37. The van der Waals surface area contributed by atoms with E-state index in [-0.39, 0.29) is 5.54 Å². The topological polar surface area (TPSA) is 41.7 Å². The predicted octanol–water partition coefficient (Wildman–Crippen LogP) is 1.30. The van der Waals surface area contributed by atoms with E-state index in [1.165, 1.54) is 32.4 Å². The van der Waals surface area contributed by atoms with Crippen LogP contribution < -0.4 is 5.73 Å². The Kier molecular flexibility index (Phi) is 5.63. The molecule has 0 bridgehead atoms. The van der Waals surface area contributed by atoms with Crippen molar-refractivity contribution in [3.63, 3.8) is 0 Å². The molecule has 2 rings (SSSR count). The Balaban J connectivity index is 2.04. The molecule has 2 aliphatic heterocycles. The Labute approximate surface area is 118 Å². The van der Waals surface area contributed by atoms with Gasteiger partial charge in [-0.15, -0.1) is 0 Å². The van der Waals surface area contributed by atoms with Crippen LogP contribution in [0.5, 0.6) is 0 Å². The van der Waals surface area contributed by atoms with E-state index in [1.807, 2.05) is 0 Å². The SMILES string of the molecule is CC(C)N1CCCC(CN)(N2CCCOCC2)CC1. The van der Waals surface area contributed by atoms with Crippen molar-refractivity contribution < 1.29 is 4.74 Å². The van der Waals surface area contributed by atoms with Crippen LogP contribution in [0.2, 0.25) is 0 Å². The molecule has 0 radical (unpaired) electrons. The van der Waals surface area contributed by atoms with Crippen molar-refractivity contribution >= 4 is 0 Å². The molecule has 4 heteroatoms. The molecule has 2 N–H and O–H groups in total. The second-order valence-electron chi connectivity index (χ2n) is 6.36. The summed E-state index contributed by atoms with van der Waals surface area (Å²) in [6.45, 7) is 11.8. The summed E-state index contributed by atoms with van der Waals surface area (Å²) in [6, 6.07) is 0.654. The highest BCUT2D eigenvalue weighted by molar-refractivity contribution is 4.95. The first-order valence-electron chi connectivity index (χ1n) is 7.95. The van der Waals surface area contributed by atoms with Gasteiger partial charge in [0, 0.05) is 44.4 Å². The number of rotatable bonds is 3. The molecule has 0 spiro atoms. The van der Waals surface area contributed by atoms with E-state index in [0.29, 0.717) is 6.04 Å². The minimum atomic E-state index is 0.220. The van der Waals surface area contributed by atoms with Gasteiger partial charge >= 0.3 is 0 Å². The Bertz CT molecular complexity index is 264. The van der Waals surface area contributed by atoms with Crippen molar-refractivity contribution in [2.24, 2.45) is 5.73 Å². The van der Waals surface area contributed by atoms with Gasteiger partial charge in [-0.25, -0.2) is 0 Å². The van der Waals surface area contributed by atoms with Crippen molar-refractivity contribution in [1.82, 2.24) is 9.80 Å². The van der Waals surface area contributed by atoms with E-state index in [0.717, 1.165) is 39.3 Å². The lowest BCUT2D eigenvalue weighted by atomic mass is 9.88. The highest BCUT2D eigenvalue weighted by Crippen LogP contribution is 2.29. The molecule has 0 amide bonds. The minimum absolute atomic E-state index is 0.220. The maximum Gasteiger partial charge on any atom is 0.0593 e. The Hall–Kier alpha value is -0.160. The van der Waals surface area contributed by atoms with Crippen molar-refractivity contribution in [1.29, 1.82) is 0 Å². The van der Waals surface area contributed by atoms with Gasteiger partial charge in [-0.3, -0.25) is 4.90 Å². The van der Waals surface area contributed by atoms with Gasteiger partial charge in [0.1, 0.15) is 0 Å². The Morgan fingerprint density at radius 2 is 1.89 bits per heavy atom. The highest BCUT2D eigenvalue weighted by atomic mass is 16.5. The molecule has 2 fully saturated rings. The Morgan fingerprint density at radius 1 is 1.05 bits per heavy atom. The van der Waals surface area contributed by atoms with Crippen LogP contribution in [0.15, 0.2) is 0 Å². The fraction of sp³-hybridized carbons (Fsp3) is 1.00. The predicted molar refractivity (Wildman–Crippen MR) is 79.4 cm³/mol. The average Bonchev–Trinajstić information content (AvgIpc) is 2.80. The molecule has 19 heavy (non-hydrogen) atoms. The summed E-state index contributed by atoms with van der Waals surface area (Å²) in [4.78, 5) is 5.23. The summed E-state index contributed by atoms with van der Waals surface area (Å²) in [5, 5.41) is 0. The molecule has 2 aliphatic rings. The maximum atomic E-state index is 6.21. The first-order chi connectivity index (χ1) is 9.18. The number of nitrogens with zero attached hydrogens (tertiary/aromatic N) is 2. The fourth-order valence-electron chi connectivity index (χ4n) is 3.59. The number of hydrogen-bond acceptors (Lipinski definition) is 4. The lowest BCUT2D eigenvalue weighted by Crippen LogP contribution is -2.55. The largest absolute Gasteiger partial charge is 0.380 e. The summed E-state index contributed by atoms with van der Waals surface area (Å²) >= 11 is 0. The van der Waals surface area contributed by atoms with Crippen LogP contribution in [0.1, 0.15) is 39.5 Å². The van der Waals surface area contributed by atoms with E-state index in [9.17, 15) is 0 Å². The molecular formula is C15H31N3O. The average molecular weight is 269 g/mol. The molecular weight excluding hydrogens is 238 g/mol. The summed E-state index contributed by atoms with van der Waals surface area (Å²) in [5.74, 6) is 0. The molecule has 0 aliphatic carbocycles. The van der Waals surface area contributed by atoms with Gasteiger partial charge in [0.05, 0.1) is 6.61 Å².